The maximum absolute atomic E-state index is 12.5. The Morgan fingerprint density at radius 1 is 0.818 bits per heavy atom. The highest BCUT2D eigenvalue weighted by molar-refractivity contribution is 5.91. The van der Waals surface area contributed by atoms with Gasteiger partial charge in [-0.25, -0.2) is 9.97 Å². The van der Waals surface area contributed by atoms with Crippen molar-refractivity contribution in [2.75, 3.05) is 5.32 Å². The number of hydrogen-bond donors (Lipinski definition) is 1. The molecule has 6 heteroatoms. The number of carbonyl (C=O) groups excluding carboxylic acids is 1. The fraction of sp³-hybridized carbons (Fsp3) is 0.0741. The summed E-state index contributed by atoms with van der Waals surface area (Å²) in [4.78, 5) is 21.2. The number of aromatic nitrogens is 2. The van der Waals surface area contributed by atoms with Crippen molar-refractivity contribution in [3.63, 3.8) is 0 Å². The summed E-state index contributed by atoms with van der Waals surface area (Å²) in [6.07, 6.45) is 3.69. The maximum Gasteiger partial charge on any atom is 0.224 e. The number of hydrogen-bond acceptors (Lipinski definition) is 5. The molecule has 0 aliphatic rings. The topological polar surface area (TPSA) is 81.2 Å². The second kappa shape index (κ2) is 9.36. The van der Waals surface area contributed by atoms with Crippen LogP contribution in [-0.4, -0.2) is 15.9 Å². The van der Waals surface area contributed by atoms with E-state index in [4.69, 9.17) is 13.8 Å². The normalized spacial score (nSPS) is 10.8. The molecule has 3 aromatic carbocycles. The van der Waals surface area contributed by atoms with Crippen molar-refractivity contribution >= 4 is 11.6 Å². The van der Waals surface area contributed by atoms with Crippen LogP contribution < -0.4 is 5.32 Å². The van der Waals surface area contributed by atoms with E-state index in [1.54, 1.807) is 6.20 Å². The molecule has 0 saturated carbocycles. The van der Waals surface area contributed by atoms with Gasteiger partial charge in [0.25, 0.3) is 0 Å². The van der Waals surface area contributed by atoms with Crippen molar-refractivity contribution in [2.24, 2.45) is 0 Å². The monoisotopic (exact) mass is 435 g/mol. The smallest absolute Gasteiger partial charge is 0.224 e. The maximum atomic E-state index is 12.5. The highest BCUT2D eigenvalue weighted by atomic mass is 16.4. The van der Waals surface area contributed by atoms with Gasteiger partial charge in [0.05, 0.1) is 6.20 Å². The molecule has 0 radical (unpaired) electrons. The van der Waals surface area contributed by atoms with Crippen LogP contribution in [0.25, 0.3) is 33.9 Å². The number of carbonyl (C=O) groups is 1. The van der Waals surface area contributed by atoms with Crippen LogP contribution in [-0.2, 0) is 11.2 Å². The lowest BCUT2D eigenvalue weighted by atomic mass is 10.1. The van der Waals surface area contributed by atoms with E-state index < -0.39 is 0 Å². The number of aryl methyl sites for hydroxylation is 1. The van der Waals surface area contributed by atoms with E-state index in [0.29, 0.717) is 29.5 Å². The highest BCUT2D eigenvalue weighted by Crippen LogP contribution is 2.33. The summed E-state index contributed by atoms with van der Waals surface area (Å²) in [5.41, 5.74) is 4.31. The summed E-state index contributed by atoms with van der Waals surface area (Å²) in [5, 5.41) is 2.91. The molecule has 6 nitrogen and oxygen atoms in total. The van der Waals surface area contributed by atoms with Gasteiger partial charge in [-0.3, -0.25) is 4.79 Å². The van der Waals surface area contributed by atoms with E-state index >= 15 is 0 Å². The molecule has 162 valence electrons. The van der Waals surface area contributed by atoms with Crippen LogP contribution in [0.2, 0.25) is 0 Å². The van der Waals surface area contributed by atoms with Crippen LogP contribution >= 0.6 is 0 Å². The molecule has 0 bridgehead atoms. The minimum absolute atomic E-state index is 0.108. The summed E-state index contributed by atoms with van der Waals surface area (Å²) in [6.45, 7) is 0. The quantitative estimate of drug-likeness (QED) is 0.327. The van der Waals surface area contributed by atoms with Crippen molar-refractivity contribution in [3.05, 3.63) is 103 Å². The molecular formula is C27H21N3O3. The van der Waals surface area contributed by atoms with Gasteiger partial charge in [0.2, 0.25) is 5.91 Å². The number of nitrogens with one attached hydrogen (secondary N) is 1. The van der Waals surface area contributed by atoms with Crippen molar-refractivity contribution < 1.29 is 13.6 Å². The van der Waals surface area contributed by atoms with Gasteiger partial charge in [-0.2, -0.15) is 0 Å². The SMILES string of the molecule is O=C(CCc1nc(-c2ccccc2)c(-c2ccccc2)o1)Nc1ccc(-c2cnco2)cc1. The van der Waals surface area contributed by atoms with Gasteiger partial charge in [-0.1, -0.05) is 60.7 Å². The first-order valence-corrected chi connectivity index (χ1v) is 10.7. The van der Waals surface area contributed by atoms with Crippen LogP contribution in [0, 0.1) is 0 Å². The molecule has 5 rings (SSSR count). The zero-order valence-corrected chi connectivity index (χ0v) is 17.8. The molecule has 33 heavy (non-hydrogen) atoms. The zero-order valence-electron chi connectivity index (χ0n) is 17.8. The highest BCUT2D eigenvalue weighted by Gasteiger charge is 2.17. The summed E-state index contributed by atoms with van der Waals surface area (Å²) >= 11 is 0. The van der Waals surface area contributed by atoms with E-state index in [2.05, 4.69) is 10.3 Å². The lowest BCUT2D eigenvalue weighted by molar-refractivity contribution is -0.116. The average Bonchev–Trinajstić information content (AvgIpc) is 3.55. The molecular weight excluding hydrogens is 414 g/mol. The lowest BCUT2D eigenvalue weighted by Gasteiger charge is -2.05. The molecule has 0 unspecified atom stereocenters. The molecule has 5 aromatic rings. The first kappa shape index (κ1) is 20.5. The van der Waals surface area contributed by atoms with Crippen molar-refractivity contribution in [3.8, 4) is 33.9 Å². The number of rotatable bonds is 7. The predicted octanol–water partition coefficient (Wildman–Crippen LogP) is 6.23. The molecule has 0 spiro atoms. The summed E-state index contributed by atoms with van der Waals surface area (Å²) in [6, 6.07) is 27.2. The Hall–Kier alpha value is -4.45. The second-order valence-electron chi connectivity index (χ2n) is 7.51. The number of anilines is 1. The number of nitrogens with zero attached hydrogens (tertiary/aromatic N) is 2. The first-order valence-electron chi connectivity index (χ1n) is 10.7. The fourth-order valence-electron chi connectivity index (χ4n) is 3.57. The third-order valence-electron chi connectivity index (χ3n) is 5.21. The van der Waals surface area contributed by atoms with E-state index in [1.807, 2.05) is 84.9 Å². The van der Waals surface area contributed by atoms with Crippen molar-refractivity contribution in [1.82, 2.24) is 9.97 Å². The standard InChI is InChI=1S/C27H21N3O3/c31-24(29-22-13-11-19(12-14-22)23-17-28-18-32-23)15-16-25-30-26(20-7-3-1-4-8-20)27(33-25)21-9-5-2-6-10-21/h1-14,17-18H,15-16H2,(H,29,31). The minimum Gasteiger partial charge on any atom is -0.444 e. The van der Waals surface area contributed by atoms with E-state index in [0.717, 1.165) is 22.4 Å². The van der Waals surface area contributed by atoms with Gasteiger partial charge in [-0.05, 0) is 24.3 Å². The molecule has 0 saturated heterocycles. The van der Waals surface area contributed by atoms with Crippen LogP contribution in [0.4, 0.5) is 5.69 Å². The Labute approximate surface area is 190 Å². The largest absolute Gasteiger partial charge is 0.444 e. The number of oxazole rings is 2. The van der Waals surface area contributed by atoms with Gasteiger partial charge in [0.15, 0.2) is 23.8 Å². The minimum atomic E-state index is -0.108. The number of benzene rings is 3. The van der Waals surface area contributed by atoms with E-state index in [9.17, 15) is 4.79 Å². The lowest BCUT2D eigenvalue weighted by Crippen LogP contribution is -2.12. The first-order chi connectivity index (χ1) is 16.3. The van der Waals surface area contributed by atoms with Crippen LogP contribution in [0.1, 0.15) is 12.3 Å². The molecule has 1 amide bonds. The average molecular weight is 435 g/mol. The molecule has 1 N–H and O–H groups in total. The van der Waals surface area contributed by atoms with Crippen LogP contribution in [0.15, 0.2) is 106 Å². The van der Waals surface area contributed by atoms with Crippen LogP contribution in [0.3, 0.4) is 0 Å². The van der Waals surface area contributed by atoms with Gasteiger partial charge in [-0.15, -0.1) is 0 Å². The Kier molecular flexibility index (Phi) is 5.80. The molecule has 2 heterocycles. The Balaban J connectivity index is 1.28. The van der Waals surface area contributed by atoms with Gasteiger partial charge < -0.3 is 14.2 Å². The molecule has 0 fully saturated rings. The Bertz CT molecular complexity index is 1270. The van der Waals surface area contributed by atoms with E-state index in [1.165, 1.54) is 6.39 Å². The van der Waals surface area contributed by atoms with E-state index in [-0.39, 0.29) is 12.3 Å². The molecule has 0 atom stereocenters. The third kappa shape index (κ3) is 4.75. The molecule has 2 aromatic heterocycles. The summed E-state index contributed by atoms with van der Waals surface area (Å²) in [5.74, 6) is 1.81. The summed E-state index contributed by atoms with van der Waals surface area (Å²) < 4.78 is 11.4. The van der Waals surface area contributed by atoms with Gasteiger partial charge in [0.1, 0.15) is 5.69 Å². The van der Waals surface area contributed by atoms with Crippen molar-refractivity contribution in [2.45, 2.75) is 12.8 Å². The molecule has 0 aliphatic heterocycles. The second-order valence-corrected chi connectivity index (χ2v) is 7.51. The predicted molar refractivity (Wildman–Crippen MR) is 126 cm³/mol. The van der Waals surface area contributed by atoms with Crippen molar-refractivity contribution in [1.29, 1.82) is 0 Å². The Morgan fingerprint density at radius 3 is 2.18 bits per heavy atom. The van der Waals surface area contributed by atoms with Gasteiger partial charge >= 0.3 is 0 Å². The third-order valence-corrected chi connectivity index (χ3v) is 5.21. The Morgan fingerprint density at radius 2 is 1.52 bits per heavy atom. The van der Waals surface area contributed by atoms with Crippen LogP contribution in [0.5, 0.6) is 0 Å². The number of amides is 1. The van der Waals surface area contributed by atoms with Gasteiger partial charge in [0, 0.05) is 35.2 Å². The summed E-state index contributed by atoms with van der Waals surface area (Å²) in [7, 11) is 0. The zero-order chi connectivity index (χ0) is 22.5. The fourth-order valence-corrected chi connectivity index (χ4v) is 3.57. The molecule has 0 aliphatic carbocycles.